The van der Waals surface area contributed by atoms with E-state index in [2.05, 4.69) is 5.32 Å². The molecule has 146 valence electrons. The molecule has 4 N–H and O–H groups in total. The van der Waals surface area contributed by atoms with Gasteiger partial charge in [-0.1, -0.05) is 0 Å². The zero-order chi connectivity index (χ0) is 20.5. The van der Waals surface area contributed by atoms with Gasteiger partial charge in [0.2, 0.25) is 13.3 Å². The molecule has 28 heavy (non-hydrogen) atoms. The molecular formula is C19H17F2N2O3PS. The lowest BCUT2D eigenvalue weighted by Gasteiger charge is -2.18. The molecule has 0 saturated carbocycles. The summed E-state index contributed by atoms with van der Waals surface area (Å²) in [7, 11) is -3.88. The van der Waals surface area contributed by atoms with Crippen molar-refractivity contribution in [1.82, 2.24) is 5.32 Å². The first kappa shape index (κ1) is 20.2. The van der Waals surface area contributed by atoms with Crippen molar-refractivity contribution in [2.24, 2.45) is 0 Å². The highest BCUT2D eigenvalue weighted by molar-refractivity contribution is 7.58. The van der Waals surface area contributed by atoms with E-state index in [1.54, 1.807) is 23.6 Å². The molecule has 1 amide bonds. The number of carbonyl (C=O) groups is 1. The van der Waals surface area contributed by atoms with E-state index < -0.39 is 30.6 Å². The first-order valence-electron chi connectivity index (χ1n) is 8.15. The van der Waals surface area contributed by atoms with Crippen molar-refractivity contribution in [2.75, 3.05) is 12.4 Å². The molecule has 3 rings (SSSR count). The first-order chi connectivity index (χ1) is 13.2. The summed E-state index contributed by atoms with van der Waals surface area (Å²) in [5.74, 6) is -2.02. The number of rotatable bonds is 5. The molecule has 0 radical (unpaired) electrons. The maximum Gasteiger partial charge on any atom is 0.241 e. The highest BCUT2D eigenvalue weighted by Crippen LogP contribution is 2.54. The number of benzene rings is 2. The molecule has 0 fully saturated rings. The second-order valence-electron chi connectivity index (χ2n) is 6.30. The number of anilines is 1. The van der Waals surface area contributed by atoms with Crippen molar-refractivity contribution in [3.8, 4) is 0 Å². The van der Waals surface area contributed by atoms with E-state index in [0.29, 0.717) is 16.6 Å². The van der Waals surface area contributed by atoms with Gasteiger partial charge in [0.15, 0.2) is 0 Å². The van der Waals surface area contributed by atoms with Gasteiger partial charge < -0.3 is 15.9 Å². The van der Waals surface area contributed by atoms with E-state index in [1.807, 2.05) is 0 Å². The van der Waals surface area contributed by atoms with E-state index in [0.717, 1.165) is 35.8 Å². The Morgan fingerprint density at radius 2 is 2.04 bits per heavy atom. The van der Waals surface area contributed by atoms with Crippen LogP contribution in [0.4, 0.5) is 14.5 Å². The Kier molecular flexibility index (Phi) is 5.65. The summed E-state index contributed by atoms with van der Waals surface area (Å²) in [5.41, 5.74) is 5.28. The third-order valence-electron chi connectivity index (χ3n) is 4.10. The molecule has 2 aromatic carbocycles. The fraction of sp³-hybridized carbons (Fsp3) is 0.105. The van der Waals surface area contributed by atoms with Crippen LogP contribution in [0.3, 0.4) is 0 Å². The van der Waals surface area contributed by atoms with Gasteiger partial charge in [0.25, 0.3) is 0 Å². The van der Waals surface area contributed by atoms with E-state index in [-0.39, 0.29) is 5.56 Å². The summed E-state index contributed by atoms with van der Waals surface area (Å²) in [5, 5.41) is 4.66. The van der Waals surface area contributed by atoms with Gasteiger partial charge >= 0.3 is 0 Å². The molecule has 1 aromatic heterocycles. The van der Waals surface area contributed by atoms with Crippen molar-refractivity contribution >= 4 is 46.5 Å². The van der Waals surface area contributed by atoms with Gasteiger partial charge in [-0.05, 0) is 58.8 Å². The van der Waals surface area contributed by atoms with E-state index >= 15 is 0 Å². The Hall–Kier alpha value is -2.54. The van der Waals surface area contributed by atoms with Gasteiger partial charge in [-0.3, -0.25) is 9.36 Å². The van der Waals surface area contributed by atoms with Crippen molar-refractivity contribution in [1.29, 1.82) is 0 Å². The van der Waals surface area contributed by atoms with Crippen LogP contribution in [-0.2, 0) is 9.36 Å². The second kappa shape index (κ2) is 7.83. The Bertz CT molecular complexity index is 1120. The number of carbonyl (C=O) groups excluding carboxylic acids is 1. The molecule has 3 aromatic rings. The summed E-state index contributed by atoms with van der Waals surface area (Å²) in [4.78, 5) is 22.8. The highest BCUT2D eigenvalue weighted by Gasteiger charge is 2.36. The largest absolute Gasteiger partial charge is 0.399 e. The normalized spacial score (nSPS) is 14.9. The predicted octanol–water partition coefficient (Wildman–Crippen LogP) is 4.49. The number of nitrogens with one attached hydrogen (secondary N) is 1. The summed E-state index contributed by atoms with van der Waals surface area (Å²) < 4.78 is 40.1. The summed E-state index contributed by atoms with van der Waals surface area (Å²) in [6.45, 7) is 1.10. The number of hydrogen-bond donors (Lipinski definition) is 3. The van der Waals surface area contributed by atoms with Crippen LogP contribution in [0.25, 0.3) is 16.2 Å². The molecule has 0 aliphatic rings. The molecule has 0 aliphatic heterocycles. The maximum absolute atomic E-state index is 13.7. The van der Waals surface area contributed by atoms with Gasteiger partial charge in [-0.2, -0.15) is 0 Å². The zero-order valence-electron chi connectivity index (χ0n) is 14.7. The van der Waals surface area contributed by atoms with E-state index in [9.17, 15) is 23.0 Å². The molecular weight excluding hydrogens is 405 g/mol. The molecule has 1 heterocycles. The van der Waals surface area contributed by atoms with Crippen LogP contribution in [0, 0.1) is 11.6 Å². The average molecular weight is 422 g/mol. The van der Waals surface area contributed by atoms with Crippen LogP contribution < -0.4 is 11.1 Å². The second-order valence-corrected chi connectivity index (χ2v) is 9.61. The third kappa shape index (κ3) is 4.30. The lowest BCUT2D eigenvalue weighted by atomic mass is 10.1. The molecule has 9 heteroatoms. The Balaban J connectivity index is 1.91. The summed E-state index contributed by atoms with van der Waals surface area (Å²) >= 11 is 1.33. The lowest BCUT2D eigenvalue weighted by Crippen LogP contribution is -2.25. The van der Waals surface area contributed by atoms with Crippen LogP contribution in [0.5, 0.6) is 0 Å². The third-order valence-corrected chi connectivity index (χ3v) is 6.55. The number of nitrogen functional groups attached to an aromatic ring is 1. The number of hydrogen-bond acceptors (Lipinski definition) is 4. The van der Waals surface area contributed by atoms with Crippen molar-refractivity contribution < 1.29 is 23.0 Å². The van der Waals surface area contributed by atoms with Crippen LogP contribution >= 0.6 is 18.7 Å². The molecule has 2 unspecified atom stereocenters. The van der Waals surface area contributed by atoms with Crippen LogP contribution in [0.15, 0.2) is 48.0 Å². The van der Waals surface area contributed by atoms with Gasteiger partial charge in [0.1, 0.15) is 17.3 Å². The SMILES string of the molecule is CP(=O)(O)C(C(=O)N/C=C/c1cc(F)ccc1F)c1csc2ccc(N)cc12. The fourth-order valence-corrected chi connectivity index (χ4v) is 5.14. The van der Waals surface area contributed by atoms with Gasteiger partial charge in [0.05, 0.1) is 0 Å². The standard InChI is InChI=1S/C19H17F2N2O3PS/c1-27(25,26)18(15-10-28-17-5-3-13(22)9-14(15)17)19(24)23-7-6-11-8-12(20)2-4-16(11)21/h2-10,18H,22H2,1H3,(H,23,24)(H,25,26)/b7-6+. The Morgan fingerprint density at radius 1 is 1.29 bits per heavy atom. The fourth-order valence-electron chi connectivity index (χ4n) is 2.83. The van der Waals surface area contributed by atoms with E-state index in [1.165, 1.54) is 17.4 Å². The van der Waals surface area contributed by atoms with Crippen molar-refractivity contribution in [3.63, 3.8) is 0 Å². The average Bonchev–Trinajstić information content (AvgIpc) is 2.99. The summed E-state index contributed by atoms with van der Waals surface area (Å²) in [6, 6.07) is 8.05. The minimum Gasteiger partial charge on any atom is -0.399 e. The van der Waals surface area contributed by atoms with Crippen LogP contribution in [0.2, 0.25) is 0 Å². The molecule has 0 saturated heterocycles. The van der Waals surface area contributed by atoms with E-state index in [4.69, 9.17) is 5.73 Å². The van der Waals surface area contributed by atoms with Crippen LogP contribution in [-0.4, -0.2) is 17.5 Å². The lowest BCUT2D eigenvalue weighted by molar-refractivity contribution is -0.120. The van der Waals surface area contributed by atoms with Crippen molar-refractivity contribution in [3.05, 3.63) is 70.7 Å². The minimum absolute atomic E-state index is 0.0608. The molecule has 0 bridgehead atoms. The topological polar surface area (TPSA) is 92.4 Å². The Labute approximate surface area is 163 Å². The first-order valence-corrected chi connectivity index (χ1v) is 11.2. The predicted molar refractivity (Wildman–Crippen MR) is 108 cm³/mol. The maximum atomic E-state index is 13.7. The van der Waals surface area contributed by atoms with Crippen molar-refractivity contribution in [2.45, 2.75) is 5.66 Å². The molecule has 2 atom stereocenters. The minimum atomic E-state index is -3.88. The number of fused-ring (bicyclic) bond motifs is 1. The molecule has 0 aliphatic carbocycles. The monoisotopic (exact) mass is 422 g/mol. The Morgan fingerprint density at radius 3 is 2.75 bits per heavy atom. The number of thiophene rings is 1. The van der Waals surface area contributed by atoms with Gasteiger partial charge in [0, 0.05) is 28.8 Å². The molecule has 5 nitrogen and oxygen atoms in total. The highest BCUT2D eigenvalue weighted by atomic mass is 32.1. The molecule has 0 spiro atoms. The van der Waals surface area contributed by atoms with Gasteiger partial charge in [-0.25, -0.2) is 8.78 Å². The number of nitrogens with two attached hydrogens (primary N) is 1. The number of amides is 1. The quantitative estimate of drug-likeness (QED) is 0.417. The summed E-state index contributed by atoms with van der Waals surface area (Å²) in [6.07, 6.45) is 2.29. The zero-order valence-corrected chi connectivity index (χ0v) is 16.4. The van der Waals surface area contributed by atoms with Gasteiger partial charge in [-0.15, -0.1) is 11.3 Å². The smallest absolute Gasteiger partial charge is 0.241 e. The van der Waals surface area contributed by atoms with Crippen LogP contribution in [0.1, 0.15) is 16.8 Å². The number of halogens is 2.